The van der Waals surface area contributed by atoms with E-state index < -0.39 is 5.25 Å². The van der Waals surface area contributed by atoms with Crippen molar-refractivity contribution in [2.24, 2.45) is 0 Å². The number of amides is 2. The molecule has 4 N–H and O–H groups in total. The highest BCUT2D eigenvalue weighted by atomic mass is 32.1. The van der Waals surface area contributed by atoms with Crippen molar-refractivity contribution in [3.05, 3.63) is 65.2 Å². The Labute approximate surface area is 228 Å². The molecule has 0 aliphatic rings. The fourth-order valence-electron chi connectivity index (χ4n) is 3.55. The van der Waals surface area contributed by atoms with Gasteiger partial charge in [-0.2, -0.15) is 17.9 Å². The van der Waals surface area contributed by atoms with E-state index in [-0.39, 0.29) is 29.2 Å². The monoisotopic (exact) mass is 532 g/mol. The van der Waals surface area contributed by atoms with E-state index in [0.29, 0.717) is 47.8 Å². The molecule has 0 aliphatic carbocycles. The predicted octanol–water partition coefficient (Wildman–Crippen LogP) is 2.97. The van der Waals surface area contributed by atoms with Crippen LogP contribution >= 0.6 is 12.6 Å². The zero-order valence-corrected chi connectivity index (χ0v) is 22.8. The third-order valence-corrected chi connectivity index (χ3v) is 6.48. The maximum atomic E-state index is 12.3. The third-order valence-electron chi connectivity index (χ3n) is 5.98. The van der Waals surface area contributed by atoms with Gasteiger partial charge in [-0.05, 0) is 51.7 Å². The number of aryl methyl sites for hydroxylation is 1. The predicted molar refractivity (Wildman–Crippen MR) is 150 cm³/mol. The second-order valence-electron chi connectivity index (χ2n) is 9.13. The van der Waals surface area contributed by atoms with Crippen molar-refractivity contribution in [2.75, 3.05) is 31.7 Å². The minimum atomic E-state index is -0.614. The van der Waals surface area contributed by atoms with Crippen molar-refractivity contribution >= 4 is 35.9 Å². The van der Waals surface area contributed by atoms with E-state index in [1.54, 1.807) is 30.3 Å². The van der Waals surface area contributed by atoms with Crippen LogP contribution in [0.2, 0.25) is 0 Å². The molecule has 2 aromatic heterocycles. The Balaban J connectivity index is 1.79. The van der Waals surface area contributed by atoms with Gasteiger partial charge in [-0.25, -0.2) is 9.97 Å². The van der Waals surface area contributed by atoms with Crippen LogP contribution in [0.1, 0.15) is 48.3 Å². The van der Waals surface area contributed by atoms with E-state index in [1.807, 2.05) is 38.1 Å². The van der Waals surface area contributed by atoms with Crippen molar-refractivity contribution in [2.45, 2.75) is 38.0 Å². The molecule has 0 saturated carbocycles. The standard InChI is InChI=1S/C27H32N8O2S/c1-16(35(3)4)15-30-23(37)13-12-19-6-5-7-22(32-19)25(38)27-33-24(21(14-28)26(29)34-27)18-8-10-20(11-9-18)31-17(2)36/h5-11,16,25,38H,12-13,15H2,1-4H3,(H,30,37)(H,31,36)(H2,29,33,34). The van der Waals surface area contributed by atoms with Gasteiger partial charge in [-0.1, -0.05) is 18.2 Å². The highest BCUT2D eigenvalue weighted by Crippen LogP contribution is 2.31. The Morgan fingerprint density at radius 2 is 1.84 bits per heavy atom. The molecule has 0 bridgehead atoms. The minimum Gasteiger partial charge on any atom is -0.382 e. The van der Waals surface area contributed by atoms with Gasteiger partial charge in [0.2, 0.25) is 11.8 Å². The second-order valence-corrected chi connectivity index (χ2v) is 9.65. The molecule has 2 heterocycles. The average Bonchev–Trinajstić information content (AvgIpc) is 2.89. The summed E-state index contributed by atoms with van der Waals surface area (Å²) in [6, 6.07) is 14.8. The molecular formula is C27H32N8O2S. The lowest BCUT2D eigenvalue weighted by Crippen LogP contribution is -2.38. The summed E-state index contributed by atoms with van der Waals surface area (Å²) in [4.78, 5) is 39.2. The number of aromatic nitrogens is 3. The fourth-order valence-corrected chi connectivity index (χ4v) is 3.81. The van der Waals surface area contributed by atoms with Gasteiger partial charge in [0.05, 0.1) is 11.4 Å². The summed E-state index contributed by atoms with van der Waals surface area (Å²) in [7, 11) is 3.94. The molecule has 0 radical (unpaired) electrons. The number of carbonyl (C=O) groups is 2. The first kappa shape index (κ1) is 28.6. The first-order valence-electron chi connectivity index (χ1n) is 12.1. The number of benzene rings is 1. The van der Waals surface area contributed by atoms with Crippen LogP contribution < -0.4 is 16.4 Å². The van der Waals surface area contributed by atoms with Crippen LogP contribution in [0.4, 0.5) is 11.5 Å². The maximum absolute atomic E-state index is 12.3. The summed E-state index contributed by atoms with van der Waals surface area (Å²) in [5.41, 5.74) is 9.25. The number of nitrogens with zero attached hydrogens (tertiary/aromatic N) is 5. The van der Waals surface area contributed by atoms with Crippen LogP contribution in [0, 0.1) is 11.3 Å². The lowest BCUT2D eigenvalue weighted by atomic mass is 10.1. The Hall–Kier alpha value is -4.01. The number of hydrogen-bond acceptors (Lipinski definition) is 9. The first-order valence-corrected chi connectivity index (χ1v) is 12.6. The molecule has 38 heavy (non-hydrogen) atoms. The van der Waals surface area contributed by atoms with Gasteiger partial charge in [0.1, 0.15) is 28.5 Å². The molecule has 11 heteroatoms. The third kappa shape index (κ3) is 7.50. The van der Waals surface area contributed by atoms with Crippen molar-refractivity contribution in [1.82, 2.24) is 25.2 Å². The van der Waals surface area contributed by atoms with Crippen LogP contribution in [0.25, 0.3) is 11.3 Å². The average molecular weight is 533 g/mol. The summed E-state index contributed by atoms with van der Waals surface area (Å²) >= 11 is 4.71. The maximum Gasteiger partial charge on any atom is 0.221 e. The second kappa shape index (κ2) is 13.0. The number of nitrogen functional groups attached to an aromatic ring is 1. The molecule has 3 aromatic rings. The molecule has 198 valence electrons. The number of nitrogens with one attached hydrogen (secondary N) is 2. The Morgan fingerprint density at radius 1 is 1.13 bits per heavy atom. The van der Waals surface area contributed by atoms with Crippen molar-refractivity contribution in [3.63, 3.8) is 0 Å². The Kier molecular flexibility index (Phi) is 9.76. The molecule has 2 atom stereocenters. The van der Waals surface area contributed by atoms with E-state index in [9.17, 15) is 14.9 Å². The van der Waals surface area contributed by atoms with E-state index in [2.05, 4.69) is 31.7 Å². The topological polar surface area (TPSA) is 150 Å². The molecule has 0 saturated heterocycles. The van der Waals surface area contributed by atoms with Gasteiger partial charge >= 0.3 is 0 Å². The number of thiol groups is 1. The fraction of sp³-hybridized carbons (Fsp3) is 0.333. The Morgan fingerprint density at radius 3 is 2.47 bits per heavy atom. The number of rotatable bonds is 10. The number of carbonyl (C=O) groups excluding carboxylic acids is 2. The van der Waals surface area contributed by atoms with Crippen LogP contribution in [-0.4, -0.2) is 58.3 Å². The summed E-state index contributed by atoms with van der Waals surface area (Å²) in [5, 5.41) is 14.7. The molecule has 2 unspecified atom stereocenters. The molecular weight excluding hydrogens is 500 g/mol. The lowest BCUT2D eigenvalue weighted by molar-refractivity contribution is -0.121. The van der Waals surface area contributed by atoms with Gasteiger partial charge in [-0.15, -0.1) is 0 Å². The molecule has 0 spiro atoms. The number of anilines is 2. The molecule has 0 aliphatic heterocycles. The van der Waals surface area contributed by atoms with E-state index in [4.69, 9.17) is 18.4 Å². The zero-order chi connectivity index (χ0) is 27.8. The van der Waals surface area contributed by atoms with Gasteiger partial charge in [-0.3, -0.25) is 14.6 Å². The molecule has 0 fully saturated rings. The molecule has 10 nitrogen and oxygen atoms in total. The largest absolute Gasteiger partial charge is 0.382 e. The zero-order valence-electron chi connectivity index (χ0n) is 21.9. The van der Waals surface area contributed by atoms with Gasteiger partial charge in [0, 0.05) is 42.9 Å². The van der Waals surface area contributed by atoms with Gasteiger partial charge in [0.25, 0.3) is 0 Å². The minimum absolute atomic E-state index is 0.0364. The van der Waals surface area contributed by atoms with E-state index in [1.165, 1.54) is 6.92 Å². The van der Waals surface area contributed by atoms with Crippen LogP contribution in [0.15, 0.2) is 42.5 Å². The summed E-state index contributed by atoms with van der Waals surface area (Å²) in [6.45, 7) is 4.05. The highest BCUT2D eigenvalue weighted by molar-refractivity contribution is 7.80. The first-order chi connectivity index (χ1) is 18.1. The molecule has 2 amide bonds. The number of pyridine rings is 1. The smallest absolute Gasteiger partial charge is 0.221 e. The van der Waals surface area contributed by atoms with E-state index in [0.717, 1.165) is 5.69 Å². The van der Waals surface area contributed by atoms with Crippen LogP contribution in [0.3, 0.4) is 0 Å². The quantitative estimate of drug-likeness (QED) is 0.291. The number of nitriles is 1. The molecule has 1 aromatic carbocycles. The molecule has 3 rings (SSSR count). The number of nitrogens with two attached hydrogens (primary N) is 1. The Bertz CT molecular complexity index is 1340. The summed E-state index contributed by atoms with van der Waals surface area (Å²) in [5.74, 6) is 0.116. The number of likely N-dealkylation sites (N-methyl/N-ethyl adjacent to an activating group) is 1. The summed E-state index contributed by atoms with van der Waals surface area (Å²) < 4.78 is 0. The number of hydrogen-bond donors (Lipinski definition) is 4. The normalized spacial score (nSPS) is 12.4. The summed E-state index contributed by atoms with van der Waals surface area (Å²) in [6.07, 6.45) is 0.783. The van der Waals surface area contributed by atoms with Gasteiger partial charge < -0.3 is 21.3 Å². The lowest BCUT2D eigenvalue weighted by Gasteiger charge is -2.19. The van der Waals surface area contributed by atoms with Crippen LogP contribution in [-0.2, 0) is 16.0 Å². The van der Waals surface area contributed by atoms with Gasteiger partial charge in [0.15, 0.2) is 0 Å². The van der Waals surface area contributed by atoms with Crippen molar-refractivity contribution in [1.29, 1.82) is 5.26 Å². The van der Waals surface area contributed by atoms with Crippen molar-refractivity contribution in [3.8, 4) is 17.3 Å². The SMILES string of the molecule is CC(=O)Nc1ccc(-c2nc(C(S)c3cccc(CCC(=O)NCC(C)N(C)C)n3)nc(N)c2C#N)cc1. The van der Waals surface area contributed by atoms with Crippen LogP contribution in [0.5, 0.6) is 0 Å². The highest BCUT2D eigenvalue weighted by Gasteiger charge is 2.21. The van der Waals surface area contributed by atoms with Crippen molar-refractivity contribution < 1.29 is 9.59 Å². The van der Waals surface area contributed by atoms with E-state index >= 15 is 0 Å².